The van der Waals surface area contributed by atoms with Crippen LogP contribution in [0.5, 0.6) is 5.75 Å². The molecule has 0 bridgehead atoms. The second-order valence-corrected chi connectivity index (χ2v) is 2.89. The van der Waals surface area contributed by atoms with Crippen LogP contribution < -0.4 is 10.1 Å². The van der Waals surface area contributed by atoms with Crippen molar-refractivity contribution in [2.45, 2.75) is 0 Å². The van der Waals surface area contributed by atoms with Crippen LogP contribution in [0.1, 0.15) is 10.4 Å². The van der Waals surface area contributed by atoms with Gasteiger partial charge in [-0.1, -0.05) is 6.08 Å². The minimum absolute atomic E-state index is 0.220. The van der Waals surface area contributed by atoms with Crippen LogP contribution in [0.2, 0.25) is 0 Å². The number of aromatic carboxylic acids is 1. The van der Waals surface area contributed by atoms with Gasteiger partial charge in [0.15, 0.2) is 0 Å². The van der Waals surface area contributed by atoms with E-state index in [9.17, 15) is 4.79 Å². The van der Waals surface area contributed by atoms with Crippen molar-refractivity contribution in [3.05, 3.63) is 36.4 Å². The number of carboxylic acid groups (broad SMARTS) is 1. The highest BCUT2D eigenvalue weighted by molar-refractivity contribution is 5.94. The maximum atomic E-state index is 10.9. The zero-order chi connectivity index (χ0) is 11.3. The molecule has 0 heterocycles. The lowest BCUT2D eigenvalue weighted by Gasteiger charge is -2.09. The Bertz CT molecular complexity index is 374. The molecule has 0 saturated heterocycles. The molecule has 1 rings (SSSR count). The Morgan fingerprint density at radius 2 is 2.40 bits per heavy atom. The highest BCUT2D eigenvalue weighted by Crippen LogP contribution is 2.22. The number of hydrogen-bond acceptors (Lipinski definition) is 3. The number of nitrogens with one attached hydrogen (secondary N) is 1. The number of ether oxygens (including phenoxy) is 1. The number of methoxy groups -OCH3 is 1. The van der Waals surface area contributed by atoms with E-state index in [1.807, 2.05) is 0 Å². The average molecular weight is 207 g/mol. The Labute approximate surface area is 88.2 Å². The van der Waals surface area contributed by atoms with Gasteiger partial charge in [-0.3, -0.25) is 0 Å². The van der Waals surface area contributed by atoms with Crippen LogP contribution in [0.3, 0.4) is 0 Å². The molecule has 0 atom stereocenters. The number of carbonyl (C=O) groups is 1. The normalized spacial score (nSPS) is 9.40. The summed E-state index contributed by atoms with van der Waals surface area (Å²) in [7, 11) is 1.53. The fourth-order valence-electron chi connectivity index (χ4n) is 1.17. The topological polar surface area (TPSA) is 58.6 Å². The monoisotopic (exact) mass is 207 g/mol. The largest absolute Gasteiger partial charge is 0.497 e. The summed E-state index contributed by atoms with van der Waals surface area (Å²) in [6, 6.07) is 4.77. The Kier molecular flexibility index (Phi) is 3.74. The van der Waals surface area contributed by atoms with Gasteiger partial charge < -0.3 is 15.2 Å². The Hall–Kier alpha value is -1.97. The van der Waals surface area contributed by atoms with Gasteiger partial charge in [0.2, 0.25) is 0 Å². The van der Waals surface area contributed by atoms with Crippen molar-refractivity contribution in [3.8, 4) is 5.75 Å². The third-order valence-corrected chi connectivity index (χ3v) is 1.89. The SMILES string of the molecule is C=CCNc1cc(OC)ccc1C(=O)O. The summed E-state index contributed by atoms with van der Waals surface area (Å²) in [4.78, 5) is 10.9. The molecule has 0 aliphatic heterocycles. The van der Waals surface area contributed by atoms with E-state index < -0.39 is 5.97 Å². The van der Waals surface area contributed by atoms with Gasteiger partial charge in [0.05, 0.1) is 18.4 Å². The second kappa shape index (κ2) is 5.05. The zero-order valence-corrected chi connectivity index (χ0v) is 8.49. The first-order valence-corrected chi connectivity index (χ1v) is 4.45. The van der Waals surface area contributed by atoms with Crippen molar-refractivity contribution in [2.24, 2.45) is 0 Å². The fraction of sp³-hybridized carbons (Fsp3) is 0.182. The van der Waals surface area contributed by atoms with Gasteiger partial charge >= 0.3 is 5.97 Å². The van der Waals surface area contributed by atoms with Gasteiger partial charge in [0.25, 0.3) is 0 Å². The van der Waals surface area contributed by atoms with E-state index in [4.69, 9.17) is 9.84 Å². The molecule has 0 amide bonds. The predicted octanol–water partition coefficient (Wildman–Crippen LogP) is 1.99. The van der Waals surface area contributed by atoms with E-state index in [1.54, 1.807) is 18.2 Å². The molecule has 0 unspecified atom stereocenters. The van der Waals surface area contributed by atoms with Crippen LogP contribution in [-0.2, 0) is 0 Å². The van der Waals surface area contributed by atoms with Gasteiger partial charge in [-0.25, -0.2) is 4.79 Å². The average Bonchev–Trinajstić information content (AvgIpc) is 2.25. The van der Waals surface area contributed by atoms with Gasteiger partial charge in [0, 0.05) is 12.6 Å². The van der Waals surface area contributed by atoms with Gasteiger partial charge in [-0.2, -0.15) is 0 Å². The van der Waals surface area contributed by atoms with Crippen LogP contribution in [0.4, 0.5) is 5.69 Å². The quantitative estimate of drug-likeness (QED) is 0.725. The van der Waals surface area contributed by atoms with E-state index in [0.717, 1.165) is 0 Å². The first-order chi connectivity index (χ1) is 7.19. The van der Waals surface area contributed by atoms with E-state index in [1.165, 1.54) is 13.2 Å². The summed E-state index contributed by atoms with van der Waals surface area (Å²) in [5.41, 5.74) is 0.749. The molecule has 0 aliphatic carbocycles. The van der Waals surface area contributed by atoms with Crippen molar-refractivity contribution in [1.82, 2.24) is 0 Å². The number of benzene rings is 1. The number of carboxylic acids is 1. The highest BCUT2D eigenvalue weighted by atomic mass is 16.5. The lowest BCUT2D eigenvalue weighted by atomic mass is 10.1. The van der Waals surface area contributed by atoms with Crippen molar-refractivity contribution in [3.63, 3.8) is 0 Å². The van der Waals surface area contributed by atoms with Crippen LogP contribution in [0.15, 0.2) is 30.9 Å². The molecule has 1 aromatic rings. The van der Waals surface area contributed by atoms with E-state index in [2.05, 4.69) is 11.9 Å². The zero-order valence-electron chi connectivity index (χ0n) is 8.49. The molecule has 0 fully saturated rings. The molecule has 4 nitrogen and oxygen atoms in total. The summed E-state index contributed by atoms with van der Waals surface area (Å²) in [5, 5.41) is 11.9. The summed E-state index contributed by atoms with van der Waals surface area (Å²) in [5.74, 6) is -0.351. The van der Waals surface area contributed by atoms with Gasteiger partial charge in [-0.15, -0.1) is 6.58 Å². The molecule has 0 radical (unpaired) electrons. The Morgan fingerprint density at radius 3 is 2.93 bits per heavy atom. The predicted molar refractivity (Wildman–Crippen MR) is 58.6 cm³/mol. The number of anilines is 1. The van der Waals surface area contributed by atoms with E-state index >= 15 is 0 Å². The highest BCUT2D eigenvalue weighted by Gasteiger charge is 2.09. The summed E-state index contributed by atoms with van der Waals surface area (Å²) in [6.07, 6.45) is 1.66. The molecule has 0 aliphatic rings. The molecular formula is C11H13NO3. The lowest BCUT2D eigenvalue weighted by molar-refractivity contribution is 0.0698. The minimum atomic E-state index is -0.968. The fourth-order valence-corrected chi connectivity index (χ4v) is 1.17. The first-order valence-electron chi connectivity index (χ1n) is 4.45. The van der Waals surface area contributed by atoms with Crippen LogP contribution in [-0.4, -0.2) is 24.7 Å². The smallest absolute Gasteiger partial charge is 0.337 e. The Morgan fingerprint density at radius 1 is 1.67 bits per heavy atom. The maximum absolute atomic E-state index is 10.9. The molecule has 0 aromatic heterocycles. The van der Waals surface area contributed by atoms with E-state index in [0.29, 0.717) is 18.0 Å². The summed E-state index contributed by atoms with van der Waals surface area (Å²) < 4.78 is 5.01. The lowest BCUT2D eigenvalue weighted by Crippen LogP contribution is -2.06. The third-order valence-electron chi connectivity index (χ3n) is 1.89. The molecule has 1 aromatic carbocycles. The molecule has 0 spiro atoms. The van der Waals surface area contributed by atoms with Gasteiger partial charge in [0.1, 0.15) is 5.75 Å². The van der Waals surface area contributed by atoms with Crippen LogP contribution in [0, 0.1) is 0 Å². The molecule has 2 N–H and O–H groups in total. The standard InChI is InChI=1S/C11H13NO3/c1-3-6-12-10-7-8(15-2)4-5-9(10)11(13)14/h3-5,7,12H,1,6H2,2H3,(H,13,14). The summed E-state index contributed by atoms with van der Waals surface area (Å²) >= 11 is 0. The van der Waals surface area contributed by atoms with Crippen LogP contribution >= 0.6 is 0 Å². The molecule has 0 saturated carbocycles. The van der Waals surface area contributed by atoms with Crippen molar-refractivity contribution in [2.75, 3.05) is 19.0 Å². The van der Waals surface area contributed by atoms with E-state index in [-0.39, 0.29) is 5.56 Å². The van der Waals surface area contributed by atoms with Crippen molar-refractivity contribution >= 4 is 11.7 Å². The van der Waals surface area contributed by atoms with Crippen molar-refractivity contribution in [1.29, 1.82) is 0 Å². The van der Waals surface area contributed by atoms with Gasteiger partial charge in [-0.05, 0) is 12.1 Å². The minimum Gasteiger partial charge on any atom is -0.497 e. The molecular weight excluding hydrogens is 194 g/mol. The third kappa shape index (κ3) is 2.74. The second-order valence-electron chi connectivity index (χ2n) is 2.89. The number of rotatable bonds is 5. The maximum Gasteiger partial charge on any atom is 0.337 e. The van der Waals surface area contributed by atoms with Crippen LogP contribution in [0.25, 0.3) is 0 Å². The number of hydrogen-bond donors (Lipinski definition) is 2. The first kappa shape index (κ1) is 11.1. The summed E-state index contributed by atoms with van der Waals surface area (Å²) in [6.45, 7) is 4.06. The van der Waals surface area contributed by atoms with Crippen molar-refractivity contribution < 1.29 is 14.6 Å². The Balaban J connectivity index is 3.04. The molecule has 80 valence electrons. The molecule has 4 heteroatoms. The molecule has 15 heavy (non-hydrogen) atoms.